The molecule has 0 aliphatic rings. The van der Waals surface area contributed by atoms with Crippen molar-refractivity contribution in [2.24, 2.45) is 22.0 Å². The van der Waals surface area contributed by atoms with Crippen molar-refractivity contribution in [3.05, 3.63) is 80.8 Å². The van der Waals surface area contributed by atoms with E-state index in [1.54, 1.807) is 0 Å². The molecule has 0 fully saturated rings. The van der Waals surface area contributed by atoms with Gasteiger partial charge in [-0.25, -0.2) is 0 Å². The Morgan fingerprint density at radius 2 is 0.964 bits per heavy atom. The maximum atomic E-state index is 4.55. The molecule has 2 aromatic rings. The second kappa shape index (κ2) is 11.3. The highest BCUT2D eigenvalue weighted by atomic mass is 79.9. The lowest BCUT2D eigenvalue weighted by molar-refractivity contribution is 0.864. The smallest absolute Gasteiger partial charge is 0.0656 e. The summed E-state index contributed by atoms with van der Waals surface area (Å²) in [6, 6.07) is 16.4. The normalized spacial score (nSPS) is 13.4. The van der Waals surface area contributed by atoms with Crippen LogP contribution < -0.4 is 0 Å². The highest BCUT2D eigenvalue weighted by molar-refractivity contribution is 9.10. The molecule has 0 spiro atoms. The van der Waals surface area contributed by atoms with Gasteiger partial charge in [-0.05, 0) is 59.4 Å². The second-order valence-electron chi connectivity index (χ2n) is 7.13. The zero-order valence-corrected chi connectivity index (χ0v) is 19.9. The van der Waals surface area contributed by atoms with Gasteiger partial charge in [-0.1, -0.05) is 96.0 Å². The first-order chi connectivity index (χ1) is 13.3. The van der Waals surface area contributed by atoms with E-state index in [0.29, 0.717) is 11.8 Å². The Morgan fingerprint density at radius 1 is 0.643 bits per heavy atom. The molecule has 0 atom stereocenters. The Hall–Kier alpha value is -1.78. The van der Waals surface area contributed by atoms with E-state index >= 15 is 0 Å². The zero-order valence-electron chi connectivity index (χ0n) is 16.7. The molecule has 0 radical (unpaired) electrons. The first kappa shape index (κ1) is 22.5. The minimum Gasteiger partial charge on any atom is -0.155 e. The highest BCUT2D eigenvalue weighted by Crippen LogP contribution is 2.14. The van der Waals surface area contributed by atoms with E-state index in [2.05, 4.69) is 106 Å². The Labute approximate surface area is 185 Å². The fourth-order valence-electron chi connectivity index (χ4n) is 2.31. The van der Waals surface area contributed by atoms with Crippen LogP contribution in [0.1, 0.15) is 38.8 Å². The van der Waals surface area contributed by atoms with Crippen molar-refractivity contribution in [3.8, 4) is 0 Å². The van der Waals surface area contributed by atoms with E-state index in [1.165, 1.54) is 0 Å². The van der Waals surface area contributed by atoms with Gasteiger partial charge >= 0.3 is 0 Å². The van der Waals surface area contributed by atoms with Crippen LogP contribution in [0.2, 0.25) is 0 Å². The molecule has 2 rings (SSSR count). The Bertz CT molecular complexity index is 796. The third-order valence-corrected chi connectivity index (χ3v) is 5.15. The number of rotatable bonds is 7. The monoisotopic (exact) mass is 500 g/mol. The maximum Gasteiger partial charge on any atom is 0.0656 e. The summed E-state index contributed by atoms with van der Waals surface area (Å²) in [5.74, 6) is 0.582. The first-order valence-corrected chi connectivity index (χ1v) is 11.0. The fraction of sp³-hybridized carbons (Fsp3) is 0.250. The summed E-state index contributed by atoms with van der Waals surface area (Å²) in [5.41, 5.74) is 4.19. The average Bonchev–Trinajstić information content (AvgIpc) is 2.66. The van der Waals surface area contributed by atoms with Crippen molar-refractivity contribution in [1.29, 1.82) is 0 Å². The minimum absolute atomic E-state index is 0.291. The van der Waals surface area contributed by atoms with E-state index in [0.717, 1.165) is 31.5 Å². The SMILES string of the molecule is CC(C)C(/C=C/c1ccc(Br)cc1)=N\N=C(\C=C\c1ccc(Br)cc1)C(C)C. The standard InChI is InChI=1S/C24H26Br2N2/c1-17(2)23(15-9-19-5-11-21(25)12-6-19)27-28-24(18(3)4)16-10-20-7-13-22(26)14-8-20/h5-18H,1-4H3/b15-9+,16-10+,27-23-,28-24-. The molecule has 0 aliphatic heterocycles. The van der Waals surface area contributed by atoms with Crippen LogP contribution in [0.3, 0.4) is 0 Å². The van der Waals surface area contributed by atoms with Gasteiger partial charge in [0.1, 0.15) is 0 Å². The lowest BCUT2D eigenvalue weighted by Gasteiger charge is -2.06. The Kier molecular flexibility index (Phi) is 9.07. The number of hydrogen-bond acceptors (Lipinski definition) is 2. The van der Waals surface area contributed by atoms with E-state index in [9.17, 15) is 0 Å². The third-order valence-electron chi connectivity index (χ3n) is 4.10. The number of halogens is 2. The van der Waals surface area contributed by atoms with Gasteiger partial charge in [0.2, 0.25) is 0 Å². The Morgan fingerprint density at radius 3 is 1.25 bits per heavy atom. The van der Waals surface area contributed by atoms with Crippen LogP contribution in [0.15, 0.2) is 79.8 Å². The molecule has 0 aromatic heterocycles. The van der Waals surface area contributed by atoms with E-state index < -0.39 is 0 Å². The van der Waals surface area contributed by atoms with Gasteiger partial charge in [-0.15, -0.1) is 0 Å². The molecule has 0 unspecified atom stereocenters. The molecular formula is C24H26Br2N2. The molecule has 0 aliphatic carbocycles. The minimum atomic E-state index is 0.291. The number of hydrogen-bond donors (Lipinski definition) is 0. The maximum absolute atomic E-state index is 4.55. The van der Waals surface area contributed by atoms with Crippen molar-refractivity contribution < 1.29 is 0 Å². The molecule has 2 aromatic carbocycles. The third kappa shape index (κ3) is 7.69. The van der Waals surface area contributed by atoms with Gasteiger partial charge in [-0.2, -0.15) is 10.2 Å². The van der Waals surface area contributed by atoms with Gasteiger partial charge < -0.3 is 0 Å². The topological polar surface area (TPSA) is 24.7 Å². The molecule has 0 bridgehead atoms. The second-order valence-corrected chi connectivity index (χ2v) is 8.96. The molecule has 4 heteroatoms. The molecule has 2 nitrogen and oxygen atoms in total. The first-order valence-electron chi connectivity index (χ1n) is 9.38. The summed E-state index contributed by atoms with van der Waals surface area (Å²) >= 11 is 6.93. The van der Waals surface area contributed by atoms with Gasteiger partial charge in [0.25, 0.3) is 0 Å². The molecule has 0 heterocycles. The number of allylic oxidation sites excluding steroid dienone is 2. The van der Waals surface area contributed by atoms with Gasteiger partial charge in [-0.3, -0.25) is 0 Å². The van der Waals surface area contributed by atoms with Gasteiger partial charge in [0.05, 0.1) is 11.4 Å². The van der Waals surface area contributed by atoms with Crippen molar-refractivity contribution in [3.63, 3.8) is 0 Å². The molecule has 0 N–H and O–H groups in total. The molecular weight excluding hydrogens is 476 g/mol. The van der Waals surface area contributed by atoms with E-state index in [-0.39, 0.29) is 0 Å². The van der Waals surface area contributed by atoms with Gasteiger partial charge in [0, 0.05) is 8.95 Å². The lowest BCUT2D eigenvalue weighted by atomic mass is 10.1. The average molecular weight is 502 g/mol. The zero-order chi connectivity index (χ0) is 20.5. The molecule has 28 heavy (non-hydrogen) atoms. The van der Waals surface area contributed by atoms with Gasteiger partial charge in [0.15, 0.2) is 0 Å². The summed E-state index contributed by atoms with van der Waals surface area (Å²) in [4.78, 5) is 0. The predicted octanol–water partition coefficient (Wildman–Crippen LogP) is 8.05. The van der Waals surface area contributed by atoms with Crippen LogP contribution in [0, 0.1) is 11.8 Å². The lowest BCUT2D eigenvalue weighted by Crippen LogP contribution is -2.06. The van der Waals surface area contributed by atoms with Crippen LogP contribution in [-0.2, 0) is 0 Å². The molecule has 146 valence electrons. The fourth-order valence-corrected chi connectivity index (χ4v) is 2.84. The van der Waals surface area contributed by atoms with Crippen LogP contribution >= 0.6 is 31.9 Å². The summed E-state index contributed by atoms with van der Waals surface area (Å²) in [7, 11) is 0. The van der Waals surface area contributed by atoms with Crippen molar-refractivity contribution in [1.82, 2.24) is 0 Å². The summed E-state index contributed by atoms with van der Waals surface area (Å²) in [6.07, 6.45) is 8.25. The van der Waals surface area contributed by atoms with Crippen molar-refractivity contribution in [2.45, 2.75) is 27.7 Å². The van der Waals surface area contributed by atoms with E-state index in [1.807, 2.05) is 36.4 Å². The van der Waals surface area contributed by atoms with Crippen LogP contribution in [-0.4, -0.2) is 11.4 Å². The number of benzene rings is 2. The highest BCUT2D eigenvalue weighted by Gasteiger charge is 2.04. The number of nitrogens with zero attached hydrogens (tertiary/aromatic N) is 2. The van der Waals surface area contributed by atoms with Crippen molar-refractivity contribution >= 4 is 55.4 Å². The van der Waals surface area contributed by atoms with Crippen LogP contribution in [0.5, 0.6) is 0 Å². The summed E-state index contributed by atoms with van der Waals surface area (Å²) in [6.45, 7) is 8.53. The van der Waals surface area contributed by atoms with Crippen LogP contribution in [0.4, 0.5) is 0 Å². The van der Waals surface area contributed by atoms with E-state index in [4.69, 9.17) is 0 Å². The molecule has 0 saturated heterocycles. The van der Waals surface area contributed by atoms with Crippen molar-refractivity contribution in [2.75, 3.05) is 0 Å². The summed E-state index contributed by atoms with van der Waals surface area (Å²) < 4.78 is 2.15. The van der Waals surface area contributed by atoms with Crippen LogP contribution in [0.25, 0.3) is 12.2 Å². The largest absolute Gasteiger partial charge is 0.155 e. The summed E-state index contributed by atoms with van der Waals surface area (Å²) in [5, 5.41) is 9.11. The molecule has 0 saturated carbocycles. The molecule has 0 amide bonds. The Balaban J connectivity index is 2.22. The quantitative estimate of drug-likeness (QED) is 0.271. The predicted molar refractivity (Wildman–Crippen MR) is 131 cm³/mol.